The predicted octanol–water partition coefficient (Wildman–Crippen LogP) is 4.60. The predicted molar refractivity (Wildman–Crippen MR) is 101 cm³/mol. The van der Waals surface area contributed by atoms with Crippen LogP contribution in [0.15, 0.2) is 48.5 Å². The first-order valence-corrected chi connectivity index (χ1v) is 9.49. The first-order valence-electron chi connectivity index (χ1n) is 9.49. The molecule has 1 fully saturated rings. The van der Waals surface area contributed by atoms with Crippen molar-refractivity contribution in [3.05, 3.63) is 65.2 Å². The van der Waals surface area contributed by atoms with E-state index in [1.807, 2.05) is 4.90 Å². The molecule has 0 bridgehead atoms. The van der Waals surface area contributed by atoms with Crippen molar-refractivity contribution in [2.45, 2.75) is 18.9 Å². The fraction of sp³-hybridized carbons (Fsp3) is 0.381. The van der Waals surface area contributed by atoms with E-state index >= 15 is 0 Å². The molecule has 1 heterocycles. The third kappa shape index (κ3) is 6.61. The van der Waals surface area contributed by atoms with Crippen molar-refractivity contribution in [3.63, 3.8) is 0 Å². The molecular weight excluding hydrogens is 426 g/mol. The van der Waals surface area contributed by atoms with Crippen LogP contribution in [0.5, 0.6) is 5.75 Å². The zero-order valence-corrected chi connectivity index (χ0v) is 16.3. The Morgan fingerprint density at radius 1 is 0.903 bits per heavy atom. The van der Waals surface area contributed by atoms with E-state index in [1.54, 1.807) is 11.0 Å². The second-order valence-electron chi connectivity index (χ2n) is 7.20. The smallest absolute Gasteiger partial charge is 0.422 e. The van der Waals surface area contributed by atoms with Crippen LogP contribution in [-0.2, 0) is 12.7 Å². The van der Waals surface area contributed by atoms with Crippen LogP contribution in [0.25, 0.3) is 0 Å². The molecule has 1 aliphatic heterocycles. The highest BCUT2D eigenvalue weighted by atomic mass is 19.4. The summed E-state index contributed by atoms with van der Waals surface area (Å²) in [6.45, 7) is 0.515. The topological polar surface area (TPSA) is 32.8 Å². The van der Waals surface area contributed by atoms with Gasteiger partial charge in [-0.15, -0.1) is 0 Å². The molecule has 4 nitrogen and oxygen atoms in total. The highest BCUT2D eigenvalue weighted by Gasteiger charge is 2.31. The van der Waals surface area contributed by atoms with Crippen molar-refractivity contribution in [2.75, 3.05) is 32.8 Å². The summed E-state index contributed by atoms with van der Waals surface area (Å²) in [7, 11) is 0. The largest absolute Gasteiger partial charge is 0.484 e. The van der Waals surface area contributed by atoms with Gasteiger partial charge in [0.15, 0.2) is 6.61 Å². The van der Waals surface area contributed by atoms with Gasteiger partial charge in [0.1, 0.15) is 5.75 Å². The number of piperazine rings is 1. The molecule has 10 heteroatoms. The first kappa shape index (κ1) is 22.9. The number of benzene rings is 2. The Morgan fingerprint density at radius 2 is 1.58 bits per heavy atom. The Labute approximate surface area is 175 Å². The van der Waals surface area contributed by atoms with Crippen LogP contribution in [0.2, 0.25) is 0 Å². The van der Waals surface area contributed by atoms with Crippen molar-refractivity contribution >= 4 is 5.91 Å². The van der Waals surface area contributed by atoms with Crippen molar-refractivity contribution in [1.29, 1.82) is 0 Å². The van der Waals surface area contributed by atoms with Crippen LogP contribution < -0.4 is 4.74 Å². The molecule has 168 valence electrons. The van der Waals surface area contributed by atoms with E-state index in [1.165, 1.54) is 30.3 Å². The zero-order valence-electron chi connectivity index (χ0n) is 16.3. The molecule has 0 unspecified atom stereocenters. The zero-order chi connectivity index (χ0) is 22.6. The van der Waals surface area contributed by atoms with Gasteiger partial charge in [-0.05, 0) is 29.8 Å². The van der Waals surface area contributed by atoms with E-state index in [4.69, 9.17) is 0 Å². The molecule has 0 atom stereocenters. The molecule has 0 radical (unpaired) electrons. The number of hydrogen-bond donors (Lipinski definition) is 0. The van der Waals surface area contributed by atoms with Gasteiger partial charge < -0.3 is 9.64 Å². The quantitative estimate of drug-likeness (QED) is 0.630. The number of hydrogen-bond acceptors (Lipinski definition) is 3. The standard InChI is InChI=1S/C21H20F6N2O2/c22-20(23,24)14-31-18-6-2-4-16(12-18)19(30)29-9-7-28(8-10-29)13-15-3-1-5-17(11-15)21(25,26)27/h1-6,11-12H,7-10,13-14H2. The minimum atomic E-state index is -4.48. The second-order valence-corrected chi connectivity index (χ2v) is 7.20. The van der Waals surface area contributed by atoms with E-state index in [2.05, 4.69) is 4.74 Å². The van der Waals surface area contributed by atoms with Gasteiger partial charge in [0.05, 0.1) is 5.56 Å². The van der Waals surface area contributed by atoms with Gasteiger partial charge in [-0.25, -0.2) is 0 Å². The summed E-state index contributed by atoms with van der Waals surface area (Å²) < 4.78 is 80.2. The van der Waals surface area contributed by atoms with Crippen molar-refractivity contribution in [3.8, 4) is 5.75 Å². The van der Waals surface area contributed by atoms with Crippen LogP contribution >= 0.6 is 0 Å². The van der Waals surface area contributed by atoms with E-state index < -0.39 is 24.5 Å². The third-order valence-electron chi connectivity index (χ3n) is 4.80. The van der Waals surface area contributed by atoms with Gasteiger partial charge in [-0.3, -0.25) is 9.69 Å². The van der Waals surface area contributed by atoms with E-state index in [-0.39, 0.29) is 17.2 Å². The minimum absolute atomic E-state index is 0.0497. The number of nitrogens with zero attached hydrogens (tertiary/aromatic N) is 2. The molecule has 0 aliphatic carbocycles. The second kappa shape index (κ2) is 9.17. The average molecular weight is 446 g/mol. The van der Waals surface area contributed by atoms with Crippen LogP contribution in [-0.4, -0.2) is 54.7 Å². The molecule has 2 aromatic rings. The number of ether oxygens (including phenoxy) is 1. The maximum absolute atomic E-state index is 12.9. The number of carbonyl (C=O) groups excluding carboxylic acids is 1. The van der Waals surface area contributed by atoms with Crippen LogP contribution in [0.4, 0.5) is 26.3 Å². The fourth-order valence-electron chi connectivity index (χ4n) is 3.28. The Kier molecular flexibility index (Phi) is 6.78. The molecule has 1 amide bonds. The van der Waals surface area contributed by atoms with Gasteiger partial charge >= 0.3 is 12.4 Å². The highest BCUT2D eigenvalue weighted by molar-refractivity contribution is 5.94. The molecule has 31 heavy (non-hydrogen) atoms. The molecule has 0 N–H and O–H groups in total. The minimum Gasteiger partial charge on any atom is -0.484 e. The average Bonchev–Trinajstić information content (AvgIpc) is 2.72. The Bertz CT molecular complexity index is 905. The van der Waals surface area contributed by atoms with Gasteiger partial charge in [-0.1, -0.05) is 24.3 Å². The van der Waals surface area contributed by atoms with Crippen LogP contribution in [0.3, 0.4) is 0 Å². The molecule has 0 aromatic heterocycles. The number of carbonyl (C=O) groups is 1. The Balaban J connectivity index is 1.56. The molecule has 0 spiro atoms. The van der Waals surface area contributed by atoms with Crippen LogP contribution in [0.1, 0.15) is 21.5 Å². The summed E-state index contributed by atoms with van der Waals surface area (Å²) in [5, 5.41) is 0. The van der Waals surface area contributed by atoms with Crippen molar-refractivity contribution in [2.24, 2.45) is 0 Å². The lowest BCUT2D eigenvalue weighted by Gasteiger charge is -2.35. The molecule has 3 rings (SSSR count). The maximum atomic E-state index is 12.9. The van der Waals surface area contributed by atoms with Gasteiger partial charge in [0.2, 0.25) is 0 Å². The molecule has 1 aliphatic rings. The number of alkyl halides is 6. The molecule has 2 aromatic carbocycles. The van der Waals surface area contributed by atoms with Gasteiger partial charge in [-0.2, -0.15) is 26.3 Å². The normalized spacial score (nSPS) is 15.7. The lowest BCUT2D eigenvalue weighted by molar-refractivity contribution is -0.153. The summed E-state index contributed by atoms with van der Waals surface area (Å²) >= 11 is 0. The summed E-state index contributed by atoms with van der Waals surface area (Å²) in [4.78, 5) is 16.2. The SMILES string of the molecule is O=C(c1cccc(OCC(F)(F)F)c1)N1CCN(Cc2cccc(C(F)(F)F)c2)CC1. The number of halogens is 6. The van der Waals surface area contributed by atoms with Crippen LogP contribution in [0, 0.1) is 0 Å². The lowest BCUT2D eigenvalue weighted by Crippen LogP contribution is -2.48. The summed E-state index contributed by atoms with van der Waals surface area (Å²) in [5.41, 5.74) is 0.0431. The summed E-state index contributed by atoms with van der Waals surface area (Å²) in [6, 6.07) is 10.7. The maximum Gasteiger partial charge on any atom is 0.422 e. The van der Waals surface area contributed by atoms with Crippen molar-refractivity contribution < 1.29 is 35.9 Å². The fourth-order valence-corrected chi connectivity index (χ4v) is 3.28. The Hall–Kier alpha value is -2.75. The molecule has 0 saturated carbocycles. The first-order chi connectivity index (χ1) is 14.5. The number of rotatable bonds is 5. The lowest BCUT2D eigenvalue weighted by atomic mass is 10.1. The van der Waals surface area contributed by atoms with Crippen molar-refractivity contribution in [1.82, 2.24) is 9.80 Å². The number of amides is 1. The van der Waals surface area contributed by atoms with Gasteiger partial charge in [0, 0.05) is 38.3 Å². The van der Waals surface area contributed by atoms with E-state index in [0.717, 1.165) is 12.1 Å². The third-order valence-corrected chi connectivity index (χ3v) is 4.80. The highest BCUT2D eigenvalue weighted by Crippen LogP contribution is 2.30. The summed E-state index contributed by atoms with van der Waals surface area (Å²) in [6.07, 6.45) is -8.88. The summed E-state index contributed by atoms with van der Waals surface area (Å²) in [5.74, 6) is -0.387. The molecule has 1 saturated heterocycles. The monoisotopic (exact) mass is 446 g/mol. The van der Waals surface area contributed by atoms with E-state index in [9.17, 15) is 31.1 Å². The Morgan fingerprint density at radius 3 is 2.23 bits per heavy atom. The molecular formula is C21H20F6N2O2. The van der Waals surface area contributed by atoms with Gasteiger partial charge in [0.25, 0.3) is 5.91 Å². The van der Waals surface area contributed by atoms with E-state index in [0.29, 0.717) is 38.3 Å².